The molecule has 0 bridgehead atoms. The molecule has 196 valence electrons. The van der Waals surface area contributed by atoms with E-state index in [9.17, 15) is 0 Å². The van der Waals surface area contributed by atoms with E-state index in [4.69, 9.17) is 4.98 Å². The molecule has 4 aromatic heterocycles. The lowest BCUT2D eigenvalue weighted by Gasteiger charge is -2.39. The van der Waals surface area contributed by atoms with E-state index in [1.54, 1.807) is 0 Å². The zero-order valence-corrected chi connectivity index (χ0v) is 24.2. The highest BCUT2D eigenvalue weighted by atomic mass is 15.0. The minimum absolute atomic E-state index is 0.000268. The van der Waals surface area contributed by atoms with E-state index in [-0.39, 0.29) is 10.6 Å². The third-order valence-corrected chi connectivity index (χ3v) is 9.79. The molecular weight excluding hydrogens is 496 g/mol. The summed E-state index contributed by atoms with van der Waals surface area (Å²) in [6, 6.07) is 37.5. The van der Waals surface area contributed by atoms with Crippen LogP contribution >= 0.6 is 0 Å². The van der Waals surface area contributed by atoms with Crippen molar-refractivity contribution in [2.45, 2.75) is 26.0 Å². The van der Waals surface area contributed by atoms with Crippen molar-refractivity contribution in [1.29, 1.82) is 0 Å². The number of hydrogen-bond donors (Lipinski definition) is 0. The van der Waals surface area contributed by atoms with E-state index < -0.39 is 0 Å². The topological polar surface area (TPSA) is 22.2 Å². The molecule has 4 heterocycles. The molecule has 8 aromatic rings. The number of fused-ring (bicyclic) bond motifs is 8. The molecule has 0 saturated heterocycles. The summed E-state index contributed by atoms with van der Waals surface area (Å²) >= 11 is 0. The van der Waals surface area contributed by atoms with Crippen molar-refractivity contribution in [2.75, 3.05) is 0 Å². The first kappa shape index (κ1) is 24.3. The van der Waals surface area contributed by atoms with Gasteiger partial charge in [0.05, 0.1) is 33.3 Å². The largest absolute Gasteiger partial charge is 0.307 e. The second-order valence-corrected chi connectivity index (χ2v) is 12.9. The molecule has 0 unspecified atom stereocenters. The molecule has 41 heavy (non-hydrogen) atoms. The Hall–Kier alpha value is -4.50. The van der Waals surface area contributed by atoms with Crippen molar-refractivity contribution in [3.63, 3.8) is 0 Å². The fraction of sp³-hybridized carbons (Fsp3) is 0.139. The van der Waals surface area contributed by atoms with Crippen LogP contribution in [0.15, 0.2) is 109 Å². The van der Waals surface area contributed by atoms with E-state index in [0.717, 1.165) is 16.9 Å². The normalized spacial score (nSPS) is 13.0. The van der Waals surface area contributed by atoms with Gasteiger partial charge in [-0.15, -0.1) is 0 Å². The van der Waals surface area contributed by atoms with Gasteiger partial charge < -0.3 is 8.97 Å². The quantitative estimate of drug-likeness (QED) is 0.221. The molecule has 0 N–H and O–H groups in total. The van der Waals surface area contributed by atoms with E-state index >= 15 is 0 Å². The average Bonchev–Trinajstić information content (AvgIpc) is 3.61. The summed E-state index contributed by atoms with van der Waals surface area (Å²) in [6.07, 6.45) is 2.09. The molecule has 0 aliphatic carbocycles. The van der Waals surface area contributed by atoms with E-state index in [1.165, 1.54) is 54.7 Å². The van der Waals surface area contributed by atoms with Gasteiger partial charge in [0.2, 0.25) is 0 Å². The molecule has 0 radical (unpaired) electrons. The summed E-state index contributed by atoms with van der Waals surface area (Å²) in [5.74, 6) is 0. The van der Waals surface area contributed by atoms with Crippen LogP contribution in [0.3, 0.4) is 0 Å². The number of aromatic nitrogens is 3. The van der Waals surface area contributed by atoms with Gasteiger partial charge in [-0.05, 0) is 41.3 Å². The standard InChI is InChI=1S/C36H31B2N3/c1-35(2,3)36(37,38)22-19-20-28(39-21-22)26-15-10-18-30-31(26)34-33(40(30)23-11-5-4-6-12-23)27-16-9-14-25-24-13-7-8-17-29(24)41(34)32(25)27/h4-21H,37-38H2,1-3H3. The Morgan fingerprint density at radius 3 is 2.05 bits per heavy atom. The zero-order chi connectivity index (χ0) is 28.1. The highest BCUT2D eigenvalue weighted by Gasteiger charge is 2.34. The molecule has 0 fully saturated rings. The molecule has 0 saturated carbocycles. The van der Waals surface area contributed by atoms with Crippen LogP contribution in [0.1, 0.15) is 26.3 Å². The molecule has 0 aliphatic heterocycles. The predicted molar refractivity (Wildman–Crippen MR) is 179 cm³/mol. The Morgan fingerprint density at radius 2 is 1.29 bits per heavy atom. The van der Waals surface area contributed by atoms with Gasteiger partial charge in [0.15, 0.2) is 0 Å². The van der Waals surface area contributed by atoms with Crippen molar-refractivity contribution in [3.8, 4) is 16.9 Å². The number of pyridine rings is 1. The highest BCUT2D eigenvalue weighted by molar-refractivity contribution is 6.40. The van der Waals surface area contributed by atoms with E-state index in [2.05, 4.69) is 155 Å². The lowest BCUT2D eigenvalue weighted by molar-refractivity contribution is 0.358. The summed E-state index contributed by atoms with van der Waals surface area (Å²) in [7, 11) is 4.63. The molecular formula is C36H31B2N3. The number of hydrogen-bond acceptors (Lipinski definition) is 1. The molecule has 3 nitrogen and oxygen atoms in total. The van der Waals surface area contributed by atoms with Gasteiger partial charge in [-0.3, -0.25) is 4.98 Å². The maximum absolute atomic E-state index is 5.12. The molecule has 4 aromatic carbocycles. The second kappa shape index (κ2) is 8.27. The summed E-state index contributed by atoms with van der Waals surface area (Å²) in [4.78, 5) is 5.12. The van der Waals surface area contributed by atoms with Crippen LogP contribution in [0.25, 0.3) is 66.1 Å². The van der Waals surface area contributed by atoms with Crippen LogP contribution in [0.2, 0.25) is 0 Å². The molecule has 5 heteroatoms. The van der Waals surface area contributed by atoms with Crippen LogP contribution in [-0.2, 0) is 5.21 Å². The molecule has 0 amide bonds. The van der Waals surface area contributed by atoms with Crippen molar-refractivity contribution < 1.29 is 0 Å². The Balaban J connectivity index is 1.53. The minimum atomic E-state index is -0.000268. The fourth-order valence-electron chi connectivity index (χ4n) is 6.64. The maximum atomic E-state index is 5.12. The first-order valence-electron chi connectivity index (χ1n) is 14.5. The number of nitrogens with zero attached hydrogens (tertiary/aromatic N) is 3. The van der Waals surface area contributed by atoms with Gasteiger partial charge in [-0.25, -0.2) is 0 Å². The fourth-order valence-corrected chi connectivity index (χ4v) is 6.64. The zero-order valence-electron chi connectivity index (χ0n) is 24.2. The minimum Gasteiger partial charge on any atom is -0.307 e. The van der Waals surface area contributed by atoms with Crippen LogP contribution in [0, 0.1) is 5.41 Å². The first-order valence-corrected chi connectivity index (χ1v) is 14.5. The van der Waals surface area contributed by atoms with Crippen molar-refractivity contribution in [2.24, 2.45) is 5.41 Å². The van der Waals surface area contributed by atoms with Crippen molar-refractivity contribution in [3.05, 3.63) is 115 Å². The van der Waals surface area contributed by atoms with Crippen LogP contribution in [0.4, 0.5) is 0 Å². The Kier molecular flexibility index (Phi) is 4.90. The number of rotatable bonds is 3. The summed E-state index contributed by atoms with van der Waals surface area (Å²) < 4.78 is 4.94. The Morgan fingerprint density at radius 1 is 0.610 bits per heavy atom. The van der Waals surface area contributed by atoms with Gasteiger partial charge in [0.1, 0.15) is 15.7 Å². The molecule has 0 spiro atoms. The van der Waals surface area contributed by atoms with Gasteiger partial charge in [-0.2, -0.15) is 0 Å². The molecule has 0 atom stereocenters. The number of benzene rings is 4. The van der Waals surface area contributed by atoms with Crippen LogP contribution in [-0.4, -0.2) is 29.6 Å². The van der Waals surface area contributed by atoms with Crippen LogP contribution < -0.4 is 0 Å². The molecule has 8 rings (SSSR count). The third-order valence-electron chi connectivity index (χ3n) is 9.79. The average molecular weight is 527 g/mol. The predicted octanol–water partition coefficient (Wildman–Crippen LogP) is 7.31. The second-order valence-electron chi connectivity index (χ2n) is 12.9. The lowest BCUT2D eigenvalue weighted by atomic mass is 9.41. The summed E-state index contributed by atoms with van der Waals surface area (Å²) in [5.41, 5.74) is 10.9. The first-order chi connectivity index (χ1) is 19.8. The Bertz CT molecular complexity index is 2250. The third kappa shape index (κ3) is 3.20. The Labute approximate surface area is 241 Å². The van der Waals surface area contributed by atoms with Gasteiger partial charge >= 0.3 is 0 Å². The monoisotopic (exact) mass is 527 g/mol. The number of para-hydroxylation sites is 3. The van der Waals surface area contributed by atoms with Gasteiger partial charge in [0.25, 0.3) is 0 Å². The lowest BCUT2D eigenvalue weighted by Crippen LogP contribution is -2.41. The highest BCUT2D eigenvalue weighted by Crippen LogP contribution is 2.46. The van der Waals surface area contributed by atoms with E-state index in [1.807, 2.05) is 0 Å². The maximum Gasteiger partial charge on any atom is 0.105 e. The van der Waals surface area contributed by atoms with Crippen molar-refractivity contribution >= 4 is 64.8 Å². The van der Waals surface area contributed by atoms with Crippen LogP contribution in [0.5, 0.6) is 0 Å². The van der Waals surface area contributed by atoms with E-state index in [0.29, 0.717) is 0 Å². The van der Waals surface area contributed by atoms with Crippen molar-refractivity contribution in [1.82, 2.24) is 14.0 Å². The molecule has 0 aliphatic rings. The van der Waals surface area contributed by atoms with Gasteiger partial charge in [0, 0.05) is 39.0 Å². The summed E-state index contributed by atoms with van der Waals surface area (Å²) in [5, 5.41) is 5.10. The summed E-state index contributed by atoms with van der Waals surface area (Å²) in [6.45, 7) is 6.91. The SMILES string of the molecule is BC(B)(c1ccc(-c2cccc3c2c2c(c4cccc5c6ccccc6n2c54)n3-c2ccccc2)nc1)C(C)(C)C. The smallest absolute Gasteiger partial charge is 0.105 e. The van der Waals surface area contributed by atoms with Gasteiger partial charge in [-0.1, -0.05) is 98.8 Å².